The maximum Gasteiger partial charge on any atom is 0.205 e. The standard InChI is InChI=1S/C3H7BrN.BrH/c1-5(2)3-4;/h3H,1-2H3;1H/q+1;. The van der Waals surface area contributed by atoms with Crippen LogP contribution in [0.25, 0.3) is 0 Å². The number of hydrogen-bond acceptors (Lipinski definition) is 0. The Morgan fingerprint density at radius 2 is 1.67 bits per heavy atom. The molecule has 0 rings (SSSR count). The third kappa shape index (κ3) is 8.82. The molecule has 3 heteroatoms. The van der Waals surface area contributed by atoms with Crippen LogP contribution in [-0.4, -0.2) is 23.8 Å². The Hall–Kier alpha value is 0.630. The van der Waals surface area contributed by atoms with Gasteiger partial charge in [0.2, 0.25) is 5.12 Å². The summed E-state index contributed by atoms with van der Waals surface area (Å²) in [7, 11) is 3.91. The Balaban J connectivity index is 0. The Labute approximate surface area is 57.0 Å². The minimum absolute atomic E-state index is 0. The molecule has 0 saturated heterocycles. The van der Waals surface area contributed by atoms with Gasteiger partial charge in [-0.25, -0.2) is 4.58 Å². The van der Waals surface area contributed by atoms with E-state index in [1.165, 1.54) is 0 Å². The van der Waals surface area contributed by atoms with Crippen LogP contribution < -0.4 is 0 Å². The summed E-state index contributed by atoms with van der Waals surface area (Å²) in [6, 6.07) is 0. The van der Waals surface area contributed by atoms with Crippen LogP contribution in [0.15, 0.2) is 0 Å². The van der Waals surface area contributed by atoms with Crippen LogP contribution in [-0.2, 0) is 0 Å². The lowest BCUT2D eigenvalue weighted by Crippen LogP contribution is -1.91. The van der Waals surface area contributed by atoms with E-state index in [9.17, 15) is 0 Å². The van der Waals surface area contributed by atoms with Crippen molar-refractivity contribution in [1.82, 2.24) is 0 Å². The van der Waals surface area contributed by atoms with E-state index in [2.05, 4.69) is 15.9 Å². The third-order valence-corrected chi connectivity index (χ3v) is 1.01. The minimum Gasteiger partial charge on any atom is -0.236 e. The Kier molecular flexibility index (Phi) is 9.20. The van der Waals surface area contributed by atoms with Gasteiger partial charge in [-0.15, -0.1) is 17.0 Å². The average molecular weight is 218 g/mol. The third-order valence-electron chi connectivity index (χ3n) is 0.195. The van der Waals surface area contributed by atoms with Crippen LogP contribution in [0.5, 0.6) is 0 Å². The molecule has 6 heavy (non-hydrogen) atoms. The van der Waals surface area contributed by atoms with Crippen LogP contribution in [0.1, 0.15) is 0 Å². The zero-order chi connectivity index (χ0) is 4.28. The van der Waals surface area contributed by atoms with Gasteiger partial charge in [0.05, 0.1) is 0 Å². The lowest BCUT2D eigenvalue weighted by atomic mass is 11.1. The first-order chi connectivity index (χ1) is 2.27. The van der Waals surface area contributed by atoms with Gasteiger partial charge in [0, 0.05) is 15.9 Å². The Bertz CT molecular complexity index is 46.8. The molecule has 1 nitrogen and oxygen atoms in total. The smallest absolute Gasteiger partial charge is 0.205 e. The minimum atomic E-state index is 0. The first-order valence-electron chi connectivity index (χ1n) is 1.37. The maximum atomic E-state index is 3.11. The first-order valence-corrected chi connectivity index (χ1v) is 2.29. The van der Waals surface area contributed by atoms with E-state index >= 15 is 0 Å². The topological polar surface area (TPSA) is 3.01 Å². The van der Waals surface area contributed by atoms with Crippen LogP contribution >= 0.6 is 32.9 Å². The molecule has 0 aromatic carbocycles. The summed E-state index contributed by atoms with van der Waals surface area (Å²) in [6.07, 6.45) is 0. The molecule has 0 N–H and O–H groups in total. The van der Waals surface area contributed by atoms with Crippen LogP contribution in [0.2, 0.25) is 0 Å². The van der Waals surface area contributed by atoms with Crippen molar-refractivity contribution in [3.05, 3.63) is 0 Å². The monoisotopic (exact) mass is 216 g/mol. The predicted molar refractivity (Wildman–Crippen MR) is 37.4 cm³/mol. The van der Waals surface area contributed by atoms with Gasteiger partial charge in [-0.2, -0.15) is 0 Å². The lowest BCUT2D eigenvalue weighted by molar-refractivity contribution is -0.456. The van der Waals surface area contributed by atoms with E-state index in [0.717, 1.165) is 0 Å². The highest BCUT2D eigenvalue weighted by atomic mass is 79.9. The fraction of sp³-hybridized carbons (Fsp3) is 0.667. The average Bonchev–Trinajstić information content (AvgIpc) is 1.38. The molecule has 0 fully saturated rings. The largest absolute Gasteiger partial charge is 0.236 e. The molecule has 0 spiro atoms. The fourth-order valence-electron chi connectivity index (χ4n) is 0. The molecule has 0 aliphatic heterocycles. The van der Waals surface area contributed by atoms with Gasteiger partial charge in [0.15, 0.2) is 0 Å². The first kappa shape index (κ1) is 9.80. The van der Waals surface area contributed by atoms with Crippen molar-refractivity contribution in [2.45, 2.75) is 0 Å². The molecule has 0 atom stereocenters. The molecule has 0 bridgehead atoms. The summed E-state index contributed by atoms with van der Waals surface area (Å²) < 4.78 is 1.92. The highest BCUT2D eigenvalue weighted by Gasteiger charge is 1.66. The molecule has 0 amide bonds. The van der Waals surface area contributed by atoms with E-state index in [1.54, 1.807) is 0 Å². The van der Waals surface area contributed by atoms with Gasteiger partial charge in [-0.3, -0.25) is 0 Å². The molecule has 38 valence electrons. The maximum absolute atomic E-state index is 3.11. The SMILES string of the molecule is Br.C[N+](C)=CBr. The van der Waals surface area contributed by atoms with Gasteiger partial charge < -0.3 is 0 Å². The highest BCUT2D eigenvalue weighted by Crippen LogP contribution is 1.61. The van der Waals surface area contributed by atoms with Crippen molar-refractivity contribution in [2.24, 2.45) is 0 Å². The zero-order valence-electron chi connectivity index (χ0n) is 3.81. The summed E-state index contributed by atoms with van der Waals surface area (Å²) in [6.45, 7) is 0. The molecule has 0 unspecified atom stereocenters. The molecule has 0 aliphatic carbocycles. The predicted octanol–water partition coefficient (Wildman–Crippen LogP) is 1.26. The van der Waals surface area contributed by atoms with Gasteiger partial charge in [0.1, 0.15) is 14.1 Å². The summed E-state index contributed by atoms with van der Waals surface area (Å²) in [5.41, 5.74) is 0. The van der Waals surface area contributed by atoms with Gasteiger partial charge in [0.25, 0.3) is 0 Å². The fourth-order valence-corrected chi connectivity index (χ4v) is 0. The van der Waals surface area contributed by atoms with E-state index in [1.807, 2.05) is 23.8 Å². The second-order valence-corrected chi connectivity index (χ2v) is 1.47. The van der Waals surface area contributed by atoms with E-state index in [-0.39, 0.29) is 17.0 Å². The molecule has 0 saturated carbocycles. The van der Waals surface area contributed by atoms with Gasteiger partial charge in [-0.1, -0.05) is 0 Å². The molecule has 0 aliphatic rings. The summed E-state index contributed by atoms with van der Waals surface area (Å²) in [5.74, 6) is 0. The normalized spacial score (nSPS) is 5.83. The molecular formula is C3H8Br2N+. The van der Waals surface area contributed by atoms with Crippen molar-refractivity contribution < 1.29 is 4.58 Å². The molecule has 0 aromatic heterocycles. The summed E-state index contributed by atoms with van der Waals surface area (Å²) in [4.78, 5) is 0. The van der Waals surface area contributed by atoms with Crippen molar-refractivity contribution in [1.29, 1.82) is 0 Å². The summed E-state index contributed by atoms with van der Waals surface area (Å²) >= 11 is 3.11. The van der Waals surface area contributed by atoms with Gasteiger partial charge in [-0.05, 0) is 0 Å². The van der Waals surface area contributed by atoms with Crippen LogP contribution in [0.3, 0.4) is 0 Å². The van der Waals surface area contributed by atoms with Crippen LogP contribution in [0, 0.1) is 0 Å². The molecule has 0 heterocycles. The summed E-state index contributed by atoms with van der Waals surface area (Å²) in [5, 5.41) is 1.81. The Morgan fingerprint density at radius 3 is 1.67 bits per heavy atom. The molecule has 0 radical (unpaired) electrons. The van der Waals surface area contributed by atoms with Crippen LogP contribution in [0.4, 0.5) is 0 Å². The number of rotatable bonds is 0. The van der Waals surface area contributed by atoms with Crippen molar-refractivity contribution >= 4 is 38.0 Å². The second kappa shape index (κ2) is 5.63. The number of nitrogens with zero attached hydrogens (tertiary/aromatic N) is 1. The molecular weight excluding hydrogens is 210 g/mol. The highest BCUT2D eigenvalue weighted by molar-refractivity contribution is 9.17. The van der Waals surface area contributed by atoms with Crippen molar-refractivity contribution in [2.75, 3.05) is 14.1 Å². The van der Waals surface area contributed by atoms with Crippen molar-refractivity contribution in [3.63, 3.8) is 0 Å². The van der Waals surface area contributed by atoms with E-state index in [0.29, 0.717) is 0 Å². The van der Waals surface area contributed by atoms with Gasteiger partial charge >= 0.3 is 0 Å². The van der Waals surface area contributed by atoms with E-state index in [4.69, 9.17) is 0 Å². The quantitative estimate of drug-likeness (QED) is 0.425. The van der Waals surface area contributed by atoms with Crippen molar-refractivity contribution in [3.8, 4) is 0 Å². The number of hydrogen-bond donors (Lipinski definition) is 0. The zero-order valence-corrected chi connectivity index (χ0v) is 7.11. The lowest BCUT2D eigenvalue weighted by Gasteiger charge is -1.70. The Morgan fingerprint density at radius 1 is 1.50 bits per heavy atom. The second-order valence-electron chi connectivity index (χ2n) is 1.06. The number of halogens is 2. The van der Waals surface area contributed by atoms with E-state index < -0.39 is 0 Å². The molecule has 0 aromatic rings.